The topological polar surface area (TPSA) is 62.2 Å². The monoisotopic (exact) mass is 220 g/mol. The van der Waals surface area contributed by atoms with Gasteiger partial charge in [-0.25, -0.2) is 0 Å². The lowest BCUT2D eigenvalue weighted by molar-refractivity contribution is -0.140. The number of aliphatic carboxylic acids is 1. The zero-order valence-corrected chi connectivity index (χ0v) is 9.10. The van der Waals surface area contributed by atoms with Gasteiger partial charge >= 0.3 is 5.97 Å². The van der Waals surface area contributed by atoms with Crippen LogP contribution in [0.2, 0.25) is 0 Å². The molecule has 1 fully saturated rings. The summed E-state index contributed by atoms with van der Waals surface area (Å²) in [6, 6.07) is 3.82. The first-order chi connectivity index (χ1) is 7.75. The summed E-state index contributed by atoms with van der Waals surface area (Å²) in [5, 5.41) is 12.1. The van der Waals surface area contributed by atoms with Gasteiger partial charge in [0, 0.05) is 18.4 Å². The lowest BCUT2D eigenvalue weighted by Crippen LogP contribution is -2.47. The molecule has 0 bridgehead atoms. The number of carboxylic acid groups (broad SMARTS) is 1. The fraction of sp³-hybridized carbons (Fsp3) is 0.500. The predicted octanol–water partition coefficient (Wildman–Crippen LogP) is 1.22. The maximum absolute atomic E-state index is 10.9. The van der Waals surface area contributed by atoms with Crippen LogP contribution < -0.4 is 5.32 Å². The van der Waals surface area contributed by atoms with E-state index in [1.165, 1.54) is 0 Å². The number of piperidine rings is 1. The van der Waals surface area contributed by atoms with Crippen molar-refractivity contribution in [1.29, 1.82) is 0 Å². The summed E-state index contributed by atoms with van der Waals surface area (Å²) in [7, 11) is 0. The van der Waals surface area contributed by atoms with E-state index in [-0.39, 0.29) is 12.1 Å². The number of hydrogen-bond acceptors (Lipinski definition) is 3. The smallest absolute Gasteiger partial charge is 0.320 e. The lowest BCUT2D eigenvalue weighted by atomic mass is 9.94. The van der Waals surface area contributed by atoms with Crippen LogP contribution in [-0.4, -0.2) is 28.1 Å². The highest BCUT2D eigenvalue weighted by atomic mass is 16.4. The number of aromatic nitrogens is 1. The van der Waals surface area contributed by atoms with Gasteiger partial charge in [0.05, 0.1) is 0 Å². The molecule has 1 aliphatic rings. The van der Waals surface area contributed by atoms with Crippen molar-refractivity contribution in [2.45, 2.75) is 37.8 Å². The molecule has 0 aliphatic carbocycles. The Hall–Kier alpha value is -1.42. The molecule has 4 nitrogen and oxygen atoms in total. The molecule has 2 N–H and O–H groups in total. The van der Waals surface area contributed by atoms with Crippen LogP contribution in [0.15, 0.2) is 24.5 Å². The normalized spacial score (nSPS) is 25.2. The Kier molecular flexibility index (Phi) is 3.51. The second-order valence-corrected chi connectivity index (χ2v) is 4.25. The van der Waals surface area contributed by atoms with Crippen LogP contribution >= 0.6 is 0 Å². The summed E-state index contributed by atoms with van der Waals surface area (Å²) < 4.78 is 0. The SMILES string of the molecule is O=C(O)C1CCCC(Cc2cccnc2)N1. The van der Waals surface area contributed by atoms with Crippen molar-refractivity contribution in [1.82, 2.24) is 10.3 Å². The minimum atomic E-state index is -0.740. The maximum Gasteiger partial charge on any atom is 0.320 e. The molecule has 0 radical (unpaired) electrons. The van der Waals surface area contributed by atoms with Gasteiger partial charge in [0.15, 0.2) is 0 Å². The first-order valence-corrected chi connectivity index (χ1v) is 5.63. The second kappa shape index (κ2) is 5.07. The Labute approximate surface area is 94.7 Å². The molecule has 2 atom stereocenters. The van der Waals surface area contributed by atoms with Crippen LogP contribution in [0.4, 0.5) is 0 Å². The predicted molar refractivity (Wildman–Crippen MR) is 60.1 cm³/mol. The zero-order valence-electron chi connectivity index (χ0n) is 9.10. The van der Waals surface area contributed by atoms with Gasteiger partial charge in [-0.1, -0.05) is 6.07 Å². The van der Waals surface area contributed by atoms with Crippen LogP contribution in [0.5, 0.6) is 0 Å². The van der Waals surface area contributed by atoms with E-state index in [4.69, 9.17) is 5.11 Å². The molecule has 1 saturated heterocycles. The van der Waals surface area contributed by atoms with Crippen molar-refractivity contribution in [3.8, 4) is 0 Å². The summed E-state index contributed by atoms with van der Waals surface area (Å²) in [4.78, 5) is 14.9. The third kappa shape index (κ3) is 2.79. The molecule has 2 heterocycles. The van der Waals surface area contributed by atoms with Crippen LogP contribution in [0.3, 0.4) is 0 Å². The molecule has 1 aromatic heterocycles. The number of carboxylic acids is 1. The highest BCUT2D eigenvalue weighted by Crippen LogP contribution is 2.16. The molecule has 1 aromatic rings. The summed E-state index contributed by atoms with van der Waals surface area (Å²) in [5.74, 6) is -0.740. The van der Waals surface area contributed by atoms with Crippen molar-refractivity contribution >= 4 is 5.97 Å². The molecule has 0 aromatic carbocycles. The molecule has 16 heavy (non-hydrogen) atoms. The van der Waals surface area contributed by atoms with E-state index in [9.17, 15) is 4.79 Å². The molecule has 4 heteroatoms. The van der Waals surface area contributed by atoms with Crippen molar-refractivity contribution < 1.29 is 9.90 Å². The first kappa shape index (κ1) is 11.1. The summed E-state index contributed by atoms with van der Waals surface area (Å²) in [6.45, 7) is 0. The van der Waals surface area contributed by atoms with Gasteiger partial charge in [-0.3, -0.25) is 9.78 Å². The highest BCUT2D eigenvalue weighted by molar-refractivity contribution is 5.73. The number of carbonyl (C=O) groups is 1. The van der Waals surface area contributed by atoms with E-state index >= 15 is 0 Å². The number of pyridine rings is 1. The van der Waals surface area contributed by atoms with E-state index in [1.807, 2.05) is 18.3 Å². The minimum Gasteiger partial charge on any atom is -0.480 e. The Morgan fingerprint density at radius 1 is 1.56 bits per heavy atom. The number of rotatable bonds is 3. The lowest BCUT2D eigenvalue weighted by Gasteiger charge is -2.28. The average molecular weight is 220 g/mol. The Morgan fingerprint density at radius 3 is 3.12 bits per heavy atom. The van der Waals surface area contributed by atoms with E-state index < -0.39 is 5.97 Å². The van der Waals surface area contributed by atoms with Crippen molar-refractivity contribution in [3.05, 3.63) is 30.1 Å². The molecule has 86 valence electrons. The largest absolute Gasteiger partial charge is 0.480 e. The van der Waals surface area contributed by atoms with Crippen molar-refractivity contribution in [2.75, 3.05) is 0 Å². The zero-order chi connectivity index (χ0) is 11.4. The standard InChI is InChI=1S/C12H16N2O2/c15-12(16)11-5-1-4-10(14-11)7-9-3-2-6-13-8-9/h2-3,6,8,10-11,14H,1,4-5,7H2,(H,15,16). The van der Waals surface area contributed by atoms with Gasteiger partial charge in [0.1, 0.15) is 6.04 Å². The molecule has 0 amide bonds. The van der Waals surface area contributed by atoms with Crippen LogP contribution in [0, 0.1) is 0 Å². The highest BCUT2D eigenvalue weighted by Gasteiger charge is 2.25. The molecular weight excluding hydrogens is 204 g/mol. The third-order valence-corrected chi connectivity index (χ3v) is 2.99. The summed E-state index contributed by atoms with van der Waals surface area (Å²) in [5.41, 5.74) is 1.16. The van der Waals surface area contributed by atoms with Crippen LogP contribution in [0.1, 0.15) is 24.8 Å². The summed E-state index contributed by atoms with van der Waals surface area (Å²) >= 11 is 0. The molecule has 0 spiro atoms. The molecule has 2 unspecified atom stereocenters. The minimum absolute atomic E-state index is 0.263. The van der Waals surface area contributed by atoms with Gasteiger partial charge in [0.25, 0.3) is 0 Å². The van der Waals surface area contributed by atoms with Gasteiger partial charge in [-0.15, -0.1) is 0 Å². The molecule has 2 rings (SSSR count). The third-order valence-electron chi connectivity index (χ3n) is 2.99. The number of hydrogen-bond donors (Lipinski definition) is 2. The van der Waals surface area contributed by atoms with Crippen molar-refractivity contribution in [3.63, 3.8) is 0 Å². The van der Waals surface area contributed by atoms with Crippen molar-refractivity contribution in [2.24, 2.45) is 0 Å². The van der Waals surface area contributed by atoms with Gasteiger partial charge in [-0.05, 0) is 37.3 Å². The van der Waals surface area contributed by atoms with E-state index in [0.717, 1.165) is 31.2 Å². The fourth-order valence-corrected chi connectivity index (χ4v) is 2.18. The van der Waals surface area contributed by atoms with Gasteiger partial charge in [-0.2, -0.15) is 0 Å². The van der Waals surface area contributed by atoms with Crippen LogP contribution in [0.25, 0.3) is 0 Å². The number of nitrogens with one attached hydrogen (secondary N) is 1. The second-order valence-electron chi connectivity index (χ2n) is 4.25. The van der Waals surface area contributed by atoms with E-state index in [0.29, 0.717) is 0 Å². The van der Waals surface area contributed by atoms with E-state index in [1.54, 1.807) is 6.20 Å². The Morgan fingerprint density at radius 2 is 2.44 bits per heavy atom. The Balaban J connectivity index is 1.93. The van der Waals surface area contributed by atoms with Crippen LogP contribution in [-0.2, 0) is 11.2 Å². The molecule has 0 saturated carbocycles. The maximum atomic E-state index is 10.9. The average Bonchev–Trinajstić information content (AvgIpc) is 2.30. The summed E-state index contributed by atoms with van der Waals surface area (Å²) in [6.07, 6.45) is 7.20. The first-order valence-electron chi connectivity index (χ1n) is 5.63. The Bertz CT molecular complexity index is 353. The van der Waals surface area contributed by atoms with E-state index in [2.05, 4.69) is 10.3 Å². The number of nitrogens with zero attached hydrogens (tertiary/aromatic N) is 1. The molecular formula is C12H16N2O2. The van der Waals surface area contributed by atoms with Gasteiger partial charge in [0.2, 0.25) is 0 Å². The van der Waals surface area contributed by atoms with Gasteiger partial charge < -0.3 is 10.4 Å². The fourth-order valence-electron chi connectivity index (χ4n) is 2.18. The molecule has 1 aliphatic heterocycles. The quantitative estimate of drug-likeness (QED) is 0.804.